The van der Waals surface area contributed by atoms with Gasteiger partial charge in [-0.1, -0.05) is 19.0 Å². The molecule has 1 aromatic rings. The highest BCUT2D eigenvalue weighted by Gasteiger charge is 2.16. The van der Waals surface area contributed by atoms with E-state index >= 15 is 0 Å². The van der Waals surface area contributed by atoms with Gasteiger partial charge in [0.25, 0.3) is 0 Å². The highest BCUT2D eigenvalue weighted by atomic mass is 16.5. The first-order valence-corrected chi connectivity index (χ1v) is 5.53. The summed E-state index contributed by atoms with van der Waals surface area (Å²) in [5.74, 6) is 0.855. The number of rotatable bonds is 6. The third-order valence-corrected chi connectivity index (χ3v) is 2.49. The van der Waals surface area contributed by atoms with Gasteiger partial charge in [0.1, 0.15) is 0 Å². The van der Waals surface area contributed by atoms with Crippen molar-refractivity contribution in [2.75, 3.05) is 6.54 Å². The van der Waals surface area contributed by atoms with Crippen LogP contribution < -0.4 is 5.32 Å². The molecule has 0 saturated carbocycles. The molecule has 0 bridgehead atoms. The molecule has 0 aliphatic heterocycles. The van der Waals surface area contributed by atoms with Gasteiger partial charge >= 0.3 is 0 Å². The van der Waals surface area contributed by atoms with Crippen molar-refractivity contribution in [3.63, 3.8) is 0 Å². The average molecular weight is 221 g/mol. The molecule has 0 fully saturated rings. The Hall–Kier alpha value is -1.34. The monoisotopic (exact) mass is 221 g/mol. The summed E-state index contributed by atoms with van der Waals surface area (Å²) in [7, 11) is 0. The van der Waals surface area contributed by atoms with E-state index in [-0.39, 0.29) is 5.41 Å². The van der Waals surface area contributed by atoms with Crippen molar-refractivity contribution in [3.05, 3.63) is 17.5 Å². The fraction of sp³-hybridized carbons (Fsp3) is 0.667. The summed E-state index contributed by atoms with van der Waals surface area (Å²) >= 11 is 0. The minimum absolute atomic E-state index is 0.144. The van der Waals surface area contributed by atoms with Crippen molar-refractivity contribution in [2.45, 2.75) is 40.2 Å². The summed E-state index contributed by atoms with van der Waals surface area (Å²) in [4.78, 5) is 0. The topological polar surface area (TPSA) is 61.9 Å². The van der Waals surface area contributed by atoms with E-state index in [0.717, 1.165) is 24.4 Å². The normalized spacial score (nSPS) is 11.4. The molecular formula is C12H19N3O. The summed E-state index contributed by atoms with van der Waals surface area (Å²) in [5, 5.41) is 15.7. The number of aryl methyl sites for hydroxylation is 1. The molecule has 1 N–H and O–H groups in total. The van der Waals surface area contributed by atoms with E-state index in [2.05, 4.69) is 30.4 Å². The second kappa shape index (κ2) is 5.66. The fourth-order valence-electron chi connectivity index (χ4n) is 1.51. The highest BCUT2D eigenvalue weighted by molar-refractivity contribution is 5.02. The van der Waals surface area contributed by atoms with Crippen LogP contribution in [0.25, 0.3) is 0 Å². The molecule has 16 heavy (non-hydrogen) atoms. The van der Waals surface area contributed by atoms with Gasteiger partial charge in [-0.05, 0) is 18.8 Å². The number of nitrogens with one attached hydrogen (secondary N) is 1. The second-order valence-electron chi connectivity index (χ2n) is 4.86. The van der Waals surface area contributed by atoms with Crippen LogP contribution in [-0.4, -0.2) is 11.7 Å². The standard InChI is InChI=1S/C12H19N3O/c1-10-7-11(16-15-10)8-14-9-12(2,3)5-4-6-13/h7,14H,4-5,8-9H2,1-3H3. The summed E-state index contributed by atoms with van der Waals surface area (Å²) in [6, 6.07) is 4.10. The Bertz CT molecular complexity index is 363. The molecule has 0 aromatic carbocycles. The van der Waals surface area contributed by atoms with Gasteiger partial charge in [0.2, 0.25) is 0 Å². The van der Waals surface area contributed by atoms with Crippen LogP contribution in [0.3, 0.4) is 0 Å². The molecular weight excluding hydrogens is 202 g/mol. The third-order valence-electron chi connectivity index (χ3n) is 2.49. The lowest BCUT2D eigenvalue weighted by atomic mass is 9.88. The van der Waals surface area contributed by atoms with Gasteiger partial charge < -0.3 is 9.84 Å². The van der Waals surface area contributed by atoms with Gasteiger partial charge in [0.15, 0.2) is 5.76 Å². The Morgan fingerprint density at radius 2 is 2.31 bits per heavy atom. The third kappa shape index (κ3) is 4.45. The Kier molecular flexibility index (Phi) is 4.51. The van der Waals surface area contributed by atoms with E-state index in [9.17, 15) is 0 Å². The first-order valence-electron chi connectivity index (χ1n) is 5.53. The Balaban J connectivity index is 2.27. The molecule has 1 heterocycles. The van der Waals surface area contributed by atoms with Crippen LogP contribution in [-0.2, 0) is 6.54 Å². The summed E-state index contributed by atoms with van der Waals surface area (Å²) in [5.41, 5.74) is 1.05. The zero-order valence-corrected chi connectivity index (χ0v) is 10.2. The molecule has 0 amide bonds. The lowest BCUT2D eigenvalue weighted by Gasteiger charge is -2.23. The zero-order valence-electron chi connectivity index (χ0n) is 10.2. The van der Waals surface area contributed by atoms with Gasteiger partial charge in [-0.25, -0.2) is 0 Å². The summed E-state index contributed by atoms with van der Waals surface area (Å²) < 4.78 is 5.10. The van der Waals surface area contributed by atoms with Crippen molar-refractivity contribution in [1.29, 1.82) is 5.26 Å². The lowest BCUT2D eigenvalue weighted by molar-refractivity contribution is 0.303. The molecule has 1 aromatic heterocycles. The first-order chi connectivity index (χ1) is 7.53. The fourth-order valence-corrected chi connectivity index (χ4v) is 1.51. The van der Waals surface area contributed by atoms with Crippen molar-refractivity contribution in [1.82, 2.24) is 10.5 Å². The van der Waals surface area contributed by atoms with Crippen LogP contribution in [0.2, 0.25) is 0 Å². The van der Waals surface area contributed by atoms with Gasteiger partial charge in [-0.3, -0.25) is 0 Å². The van der Waals surface area contributed by atoms with Crippen LogP contribution in [0.15, 0.2) is 10.6 Å². The van der Waals surface area contributed by atoms with E-state index < -0.39 is 0 Å². The van der Waals surface area contributed by atoms with Gasteiger partial charge in [-0.2, -0.15) is 5.26 Å². The van der Waals surface area contributed by atoms with Crippen LogP contribution >= 0.6 is 0 Å². The zero-order chi connectivity index (χ0) is 12.0. The molecule has 1 rings (SSSR count). The summed E-state index contributed by atoms with van der Waals surface area (Å²) in [6.07, 6.45) is 1.52. The molecule has 0 spiro atoms. The largest absolute Gasteiger partial charge is 0.360 e. The lowest BCUT2D eigenvalue weighted by Crippen LogP contribution is -2.28. The van der Waals surface area contributed by atoms with E-state index in [1.807, 2.05) is 13.0 Å². The molecule has 4 heteroatoms. The van der Waals surface area contributed by atoms with Gasteiger partial charge in [0.05, 0.1) is 18.3 Å². The molecule has 88 valence electrons. The predicted molar refractivity (Wildman–Crippen MR) is 61.6 cm³/mol. The van der Waals surface area contributed by atoms with Crippen molar-refractivity contribution in [3.8, 4) is 6.07 Å². The number of hydrogen-bond donors (Lipinski definition) is 1. The Labute approximate surface area is 96.6 Å². The SMILES string of the molecule is Cc1cc(CNCC(C)(C)CCC#N)on1. The van der Waals surface area contributed by atoms with Crippen LogP contribution in [0.1, 0.15) is 38.1 Å². The number of nitriles is 1. The number of aromatic nitrogens is 1. The minimum atomic E-state index is 0.144. The van der Waals surface area contributed by atoms with Crippen molar-refractivity contribution in [2.24, 2.45) is 5.41 Å². The van der Waals surface area contributed by atoms with E-state index in [4.69, 9.17) is 9.78 Å². The molecule has 0 radical (unpaired) electrons. The maximum Gasteiger partial charge on any atom is 0.150 e. The second-order valence-corrected chi connectivity index (χ2v) is 4.86. The maximum absolute atomic E-state index is 8.54. The Morgan fingerprint density at radius 1 is 1.56 bits per heavy atom. The van der Waals surface area contributed by atoms with Crippen molar-refractivity contribution < 1.29 is 4.52 Å². The molecule has 0 unspecified atom stereocenters. The van der Waals surface area contributed by atoms with Crippen LogP contribution in [0, 0.1) is 23.7 Å². The van der Waals surface area contributed by atoms with E-state index in [1.54, 1.807) is 0 Å². The predicted octanol–water partition coefficient (Wildman–Crippen LogP) is 2.40. The van der Waals surface area contributed by atoms with E-state index in [0.29, 0.717) is 13.0 Å². The molecule has 0 atom stereocenters. The van der Waals surface area contributed by atoms with Crippen LogP contribution in [0.5, 0.6) is 0 Å². The quantitative estimate of drug-likeness (QED) is 0.801. The molecule has 4 nitrogen and oxygen atoms in total. The highest BCUT2D eigenvalue weighted by Crippen LogP contribution is 2.20. The van der Waals surface area contributed by atoms with Gasteiger partial charge in [0, 0.05) is 19.0 Å². The smallest absolute Gasteiger partial charge is 0.150 e. The molecule has 0 aliphatic carbocycles. The maximum atomic E-state index is 8.54. The molecule has 0 saturated heterocycles. The van der Waals surface area contributed by atoms with Crippen molar-refractivity contribution >= 4 is 0 Å². The number of nitrogens with zero attached hydrogens (tertiary/aromatic N) is 2. The molecule has 0 aliphatic rings. The van der Waals surface area contributed by atoms with Gasteiger partial charge in [-0.15, -0.1) is 0 Å². The first kappa shape index (κ1) is 12.7. The Morgan fingerprint density at radius 3 is 2.88 bits per heavy atom. The number of hydrogen-bond acceptors (Lipinski definition) is 4. The summed E-state index contributed by atoms with van der Waals surface area (Å²) in [6.45, 7) is 7.78. The average Bonchev–Trinajstić information content (AvgIpc) is 2.61. The van der Waals surface area contributed by atoms with Crippen LogP contribution in [0.4, 0.5) is 0 Å². The van der Waals surface area contributed by atoms with E-state index in [1.165, 1.54) is 0 Å². The minimum Gasteiger partial charge on any atom is -0.360 e.